The number of unbranched alkanes of at least 4 members (excludes halogenated alkanes) is 1. The molecule has 24 heavy (non-hydrogen) atoms. The van der Waals surface area contributed by atoms with E-state index in [0.29, 0.717) is 24.0 Å². The van der Waals surface area contributed by atoms with E-state index >= 15 is 0 Å². The summed E-state index contributed by atoms with van der Waals surface area (Å²) in [4.78, 5) is 28.9. The number of para-hydroxylation sites is 1. The van der Waals surface area contributed by atoms with Gasteiger partial charge in [0.15, 0.2) is 0 Å². The van der Waals surface area contributed by atoms with Gasteiger partial charge >= 0.3 is 0 Å². The Labute approximate surface area is 142 Å². The Kier molecular flexibility index (Phi) is 6.49. The van der Waals surface area contributed by atoms with Crippen LogP contribution in [-0.2, 0) is 11.3 Å². The lowest BCUT2D eigenvalue weighted by molar-refractivity contribution is -0.122. The van der Waals surface area contributed by atoms with Gasteiger partial charge in [0.2, 0.25) is 5.91 Å². The van der Waals surface area contributed by atoms with Gasteiger partial charge in [0.1, 0.15) is 0 Å². The number of fused-ring (bicyclic) bond motifs is 1. The second-order valence-corrected chi connectivity index (χ2v) is 6.11. The van der Waals surface area contributed by atoms with Crippen molar-refractivity contribution in [2.24, 2.45) is 5.73 Å². The van der Waals surface area contributed by atoms with Gasteiger partial charge in [0, 0.05) is 25.6 Å². The molecule has 0 aliphatic heterocycles. The van der Waals surface area contributed by atoms with Crippen LogP contribution in [0, 0.1) is 6.92 Å². The van der Waals surface area contributed by atoms with Gasteiger partial charge < -0.3 is 11.1 Å². The first kappa shape index (κ1) is 18.1. The SMILES string of the molecule is CCCCC(CN)NC(=O)CCn1cnc2c(C)cccc2c1=O. The van der Waals surface area contributed by atoms with Gasteiger partial charge in [-0.05, 0) is 25.0 Å². The highest BCUT2D eigenvalue weighted by atomic mass is 16.2. The van der Waals surface area contributed by atoms with Crippen molar-refractivity contribution in [1.29, 1.82) is 0 Å². The lowest BCUT2D eigenvalue weighted by Gasteiger charge is -2.16. The number of benzene rings is 1. The molecule has 0 aliphatic carbocycles. The first-order chi connectivity index (χ1) is 11.6. The molecular weight excluding hydrogens is 304 g/mol. The van der Waals surface area contributed by atoms with Gasteiger partial charge in [-0.2, -0.15) is 0 Å². The summed E-state index contributed by atoms with van der Waals surface area (Å²) >= 11 is 0. The molecule has 0 fully saturated rings. The van der Waals surface area contributed by atoms with Crippen LogP contribution < -0.4 is 16.6 Å². The summed E-state index contributed by atoms with van der Waals surface area (Å²) < 4.78 is 1.49. The molecule has 1 aromatic heterocycles. The van der Waals surface area contributed by atoms with Gasteiger partial charge in [-0.1, -0.05) is 31.9 Å². The molecule has 1 unspecified atom stereocenters. The number of carbonyl (C=O) groups is 1. The summed E-state index contributed by atoms with van der Waals surface area (Å²) in [5.74, 6) is -0.0854. The van der Waals surface area contributed by atoms with Crippen LogP contribution in [0.1, 0.15) is 38.2 Å². The van der Waals surface area contributed by atoms with E-state index < -0.39 is 0 Å². The Morgan fingerprint density at radius 2 is 2.21 bits per heavy atom. The Morgan fingerprint density at radius 3 is 2.92 bits per heavy atom. The molecule has 2 aromatic rings. The summed E-state index contributed by atoms with van der Waals surface area (Å²) in [5.41, 5.74) is 7.26. The maximum atomic E-state index is 12.5. The topological polar surface area (TPSA) is 90.0 Å². The zero-order valence-electron chi connectivity index (χ0n) is 14.4. The van der Waals surface area contributed by atoms with E-state index in [2.05, 4.69) is 17.2 Å². The van der Waals surface area contributed by atoms with E-state index in [-0.39, 0.29) is 23.9 Å². The fourth-order valence-electron chi connectivity index (χ4n) is 2.72. The third-order valence-corrected chi connectivity index (χ3v) is 4.19. The monoisotopic (exact) mass is 330 g/mol. The molecule has 0 radical (unpaired) electrons. The number of aromatic nitrogens is 2. The summed E-state index contributed by atoms with van der Waals surface area (Å²) in [5, 5.41) is 3.52. The van der Waals surface area contributed by atoms with Crippen molar-refractivity contribution in [3.05, 3.63) is 40.4 Å². The zero-order valence-corrected chi connectivity index (χ0v) is 14.4. The number of hydrogen-bond donors (Lipinski definition) is 2. The Hall–Kier alpha value is -2.21. The average molecular weight is 330 g/mol. The highest BCUT2D eigenvalue weighted by molar-refractivity contribution is 5.80. The van der Waals surface area contributed by atoms with E-state index in [1.54, 1.807) is 6.07 Å². The Morgan fingerprint density at radius 1 is 1.42 bits per heavy atom. The average Bonchev–Trinajstić information content (AvgIpc) is 2.58. The molecule has 1 aromatic carbocycles. The smallest absolute Gasteiger partial charge is 0.261 e. The molecule has 0 saturated carbocycles. The lowest BCUT2D eigenvalue weighted by atomic mass is 10.1. The second-order valence-electron chi connectivity index (χ2n) is 6.11. The fourth-order valence-corrected chi connectivity index (χ4v) is 2.72. The highest BCUT2D eigenvalue weighted by Gasteiger charge is 2.11. The summed E-state index contributed by atoms with van der Waals surface area (Å²) in [6.45, 7) is 4.78. The van der Waals surface area contributed by atoms with Crippen LogP contribution in [-0.4, -0.2) is 28.0 Å². The number of nitrogens with zero attached hydrogens (tertiary/aromatic N) is 2. The van der Waals surface area contributed by atoms with E-state index in [1.807, 2.05) is 19.1 Å². The van der Waals surface area contributed by atoms with Gasteiger partial charge in [-0.3, -0.25) is 14.2 Å². The predicted molar refractivity (Wildman–Crippen MR) is 95.9 cm³/mol. The van der Waals surface area contributed by atoms with Gasteiger partial charge in [0.05, 0.1) is 17.2 Å². The molecule has 1 amide bonds. The van der Waals surface area contributed by atoms with Crippen LogP contribution in [0.4, 0.5) is 0 Å². The van der Waals surface area contributed by atoms with Crippen LogP contribution in [0.15, 0.2) is 29.3 Å². The van der Waals surface area contributed by atoms with E-state index in [4.69, 9.17) is 5.73 Å². The van der Waals surface area contributed by atoms with Crippen LogP contribution in [0.2, 0.25) is 0 Å². The van der Waals surface area contributed by atoms with Gasteiger partial charge in [-0.25, -0.2) is 4.98 Å². The number of rotatable bonds is 8. The van der Waals surface area contributed by atoms with Crippen molar-refractivity contribution >= 4 is 16.8 Å². The minimum Gasteiger partial charge on any atom is -0.352 e. The molecule has 6 nitrogen and oxygen atoms in total. The largest absolute Gasteiger partial charge is 0.352 e. The number of nitrogens with one attached hydrogen (secondary N) is 1. The second kappa shape index (κ2) is 8.59. The first-order valence-corrected chi connectivity index (χ1v) is 8.51. The molecule has 0 spiro atoms. The van der Waals surface area contributed by atoms with Crippen LogP contribution in [0.3, 0.4) is 0 Å². The fraction of sp³-hybridized carbons (Fsp3) is 0.500. The first-order valence-electron chi connectivity index (χ1n) is 8.51. The van der Waals surface area contributed by atoms with Crippen molar-refractivity contribution in [3.8, 4) is 0 Å². The molecule has 0 aliphatic rings. The van der Waals surface area contributed by atoms with Gasteiger partial charge in [-0.15, -0.1) is 0 Å². The van der Waals surface area contributed by atoms with Crippen molar-refractivity contribution in [2.45, 2.75) is 52.1 Å². The zero-order chi connectivity index (χ0) is 17.5. The van der Waals surface area contributed by atoms with Crippen molar-refractivity contribution in [2.75, 3.05) is 6.54 Å². The van der Waals surface area contributed by atoms with Crippen molar-refractivity contribution in [3.63, 3.8) is 0 Å². The van der Waals surface area contributed by atoms with E-state index in [9.17, 15) is 9.59 Å². The number of carbonyl (C=O) groups excluding carboxylic acids is 1. The van der Waals surface area contributed by atoms with E-state index in [0.717, 1.165) is 24.8 Å². The summed E-state index contributed by atoms with van der Waals surface area (Å²) in [6, 6.07) is 5.54. The van der Waals surface area contributed by atoms with E-state index in [1.165, 1.54) is 10.9 Å². The van der Waals surface area contributed by atoms with Crippen LogP contribution in [0.25, 0.3) is 10.9 Å². The minimum absolute atomic E-state index is 0.00606. The number of amides is 1. The maximum Gasteiger partial charge on any atom is 0.261 e. The highest BCUT2D eigenvalue weighted by Crippen LogP contribution is 2.11. The Balaban J connectivity index is 2.01. The number of hydrogen-bond acceptors (Lipinski definition) is 4. The molecule has 2 rings (SSSR count). The normalized spacial score (nSPS) is 12.3. The molecule has 130 valence electrons. The van der Waals surface area contributed by atoms with Crippen molar-refractivity contribution < 1.29 is 4.79 Å². The molecule has 3 N–H and O–H groups in total. The number of nitrogens with two attached hydrogens (primary N) is 1. The molecule has 1 atom stereocenters. The third kappa shape index (κ3) is 4.41. The molecule has 0 saturated heterocycles. The maximum absolute atomic E-state index is 12.5. The molecule has 1 heterocycles. The van der Waals surface area contributed by atoms with Gasteiger partial charge in [0.25, 0.3) is 5.56 Å². The summed E-state index contributed by atoms with van der Waals surface area (Å²) in [7, 11) is 0. The molecule has 0 bridgehead atoms. The standard InChI is InChI=1S/C18H26N4O2/c1-3-4-7-14(11-19)21-16(23)9-10-22-12-20-17-13(2)6-5-8-15(17)18(22)24/h5-6,8,12,14H,3-4,7,9-11,19H2,1-2H3,(H,21,23). The van der Waals surface area contributed by atoms with Crippen molar-refractivity contribution in [1.82, 2.24) is 14.9 Å². The third-order valence-electron chi connectivity index (χ3n) is 4.19. The molecule has 6 heteroatoms. The minimum atomic E-state index is -0.113. The van der Waals surface area contributed by atoms with Crippen LogP contribution in [0.5, 0.6) is 0 Å². The molecular formula is C18H26N4O2. The predicted octanol–water partition coefficient (Wildman–Crippen LogP) is 1.73. The van der Waals surface area contributed by atoms with Crippen LogP contribution >= 0.6 is 0 Å². The number of aryl methyl sites for hydroxylation is 2. The quantitative estimate of drug-likeness (QED) is 0.771. The summed E-state index contributed by atoms with van der Waals surface area (Å²) in [6.07, 6.45) is 4.75. The Bertz CT molecular complexity index is 754. The lowest BCUT2D eigenvalue weighted by Crippen LogP contribution is -2.40.